The van der Waals surface area contributed by atoms with Crippen molar-refractivity contribution in [3.05, 3.63) is 0 Å². The minimum Gasteiger partial charge on any atom is -1.00 e. The van der Waals surface area contributed by atoms with E-state index in [0.29, 0.717) is 24.6 Å². The Bertz CT molecular complexity index is 110. The zero-order valence-electron chi connectivity index (χ0n) is 6.72. The third kappa shape index (κ3) is 6.09. The second-order valence-corrected chi connectivity index (χ2v) is 1.99. The van der Waals surface area contributed by atoms with Gasteiger partial charge in [-0.2, -0.15) is 0 Å². The minimum absolute atomic E-state index is 0. The Balaban J connectivity index is 0. The van der Waals surface area contributed by atoms with Gasteiger partial charge in [0.1, 0.15) is 6.54 Å². The van der Waals surface area contributed by atoms with Crippen molar-refractivity contribution >= 4 is 6.09 Å². The van der Waals surface area contributed by atoms with Gasteiger partial charge >= 0.3 is 0 Å². The Morgan fingerprint density at radius 3 is 2.45 bits per heavy atom. The fraction of sp³-hybridized carbons (Fsp3) is 0.833. The molecule has 68 valence electrons. The topological polar surface area (TPSA) is 53.8 Å². The van der Waals surface area contributed by atoms with Gasteiger partial charge in [0.2, 0.25) is 0 Å². The molecule has 0 aliphatic rings. The molecular weight excluding hydrogens is 170 g/mol. The molecule has 0 aromatic carbocycles. The zero-order valence-corrected chi connectivity index (χ0v) is 7.48. The molecule has 0 saturated carbocycles. The van der Waals surface area contributed by atoms with E-state index in [-0.39, 0.29) is 12.4 Å². The first-order valence-corrected chi connectivity index (χ1v) is 3.27. The summed E-state index contributed by atoms with van der Waals surface area (Å²) >= 11 is 0. The summed E-state index contributed by atoms with van der Waals surface area (Å²) < 4.78 is 4.71. The first-order chi connectivity index (χ1) is 4.72. The first kappa shape index (κ1) is 13.3. The largest absolute Gasteiger partial charge is 1.00 e. The Hall–Kier alpha value is -0.320. The molecule has 1 atom stereocenters. The maximum atomic E-state index is 10.2. The average molecular weight is 183 g/mol. The van der Waals surface area contributed by atoms with Crippen LogP contribution in [0.5, 0.6) is 0 Å². The number of likely N-dealkylation sites (N-methyl/N-ethyl adjacent to an activating group) is 1. The van der Waals surface area contributed by atoms with Gasteiger partial charge in [-0.3, -0.25) is 4.90 Å². The third-order valence-electron chi connectivity index (χ3n) is 1.32. The van der Waals surface area contributed by atoms with Gasteiger partial charge in [-0.05, 0) is 6.92 Å². The lowest BCUT2D eigenvalue weighted by Crippen LogP contribution is -3.17. The Labute approximate surface area is 72.5 Å². The number of ether oxygens (including phenoxy) is 1. The molecule has 4 nitrogen and oxygen atoms in total. The SMILES string of the molecule is CC[NH+](CCOC)C(=O)[O-].[Cl-]. The van der Waals surface area contributed by atoms with Crippen LogP contribution < -0.4 is 22.4 Å². The fourth-order valence-electron chi connectivity index (χ4n) is 0.648. The number of carbonyl (C=O) groups excluding carboxylic acids is 1. The van der Waals surface area contributed by atoms with Crippen molar-refractivity contribution in [2.24, 2.45) is 0 Å². The summed E-state index contributed by atoms with van der Waals surface area (Å²) in [7, 11) is 1.54. The van der Waals surface area contributed by atoms with Crippen LogP contribution in [0.3, 0.4) is 0 Å². The van der Waals surface area contributed by atoms with Crippen LogP contribution in [0.2, 0.25) is 0 Å². The lowest BCUT2D eigenvalue weighted by molar-refractivity contribution is -0.843. The smallest absolute Gasteiger partial charge is 0.255 e. The molecule has 0 rings (SSSR count). The summed E-state index contributed by atoms with van der Waals surface area (Å²) in [5, 5.41) is 10.2. The molecule has 0 aromatic rings. The van der Waals surface area contributed by atoms with Crippen LogP contribution >= 0.6 is 0 Å². The van der Waals surface area contributed by atoms with Crippen molar-refractivity contribution in [2.45, 2.75) is 6.92 Å². The van der Waals surface area contributed by atoms with Gasteiger partial charge in [-0.25, -0.2) is 0 Å². The van der Waals surface area contributed by atoms with Crippen molar-refractivity contribution in [1.82, 2.24) is 0 Å². The molecule has 0 radical (unpaired) electrons. The molecule has 0 aromatic heterocycles. The summed E-state index contributed by atoms with van der Waals surface area (Å²) in [6, 6.07) is 0. The highest BCUT2D eigenvalue weighted by atomic mass is 35.5. The standard InChI is InChI=1S/C6H13NO3.ClH/c1-3-7(6(8)9)4-5-10-2;/h3-5H2,1-2H3,(H,8,9);1H/p-1. The molecule has 0 spiro atoms. The summed E-state index contributed by atoms with van der Waals surface area (Å²) in [6.45, 7) is 3.25. The van der Waals surface area contributed by atoms with Crippen LogP contribution in [0.4, 0.5) is 4.79 Å². The van der Waals surface area contributed by atoms with Crippen LogP contribution in [0.1, 0.15) is 6.92 Å². The van der Waals surface area contributed by atoms with E-state index >= 15 is 0 Å². The van der Waals surface area contributed by atoms with Crippen molar-refractivity contribution in [3.8, 4) is 0 Å². The molecule has 1 unspecified atom stereocenters. The maximum absolute atomic E-state index is 10.2. The van der Waals surface area contributed by atoms with E-state index in [1.54, 1.807) is 14.0 Å². The minimum atomic E-state index is -1.06. The van der Waals surface area contributed by atoms with Crippen LogP contribution in [0.25, 0.3) is 0 Å². The number of rotatable bonds is 4. The first-order valence-electron chi connectivity index (χ1n) is 3.27. The predicted octanol–water partition coefficient (Wildman–Crippen LogP) is -5.12. The molecule has 1 N–H and O–H groups in total. The van der Waals surface area contributed by atoms with Crippen molar-refractivity contribution < 1.29 is 31.9 Å². The van der Waals surface area contributed by atoms with Crippen LogP contribution in [-0.4, -0.2) is 32.9 Å². The highest BCUT2D eigenvalue weighted by molar-refractivity contribution is 5.50. The summed E-state index contributed by atoms with van der Waals surface area (Å²) in [5.41, 5.74) is 0. The van der Waals surface area contributed by atoms with Gasteiger partial charge < -0.3 is 27.0 Å². The molecule has 1 amide bonds. The molecule has 11 heavy (non-hydrogen) atoms. The number of amides is 1. The van der Waals surface area contributed by atoms with Crippen LogP contribution in [-0.2, 0) is 4.74 Å². The monoisotopic (exact) mass is 182 g/mol. The Morgan fingerprint density at radius 1 is 1.64 bits per heavy atom. The second kappa shape index (κ2) is 7.78. The summed E-state index contributed by atoms with van der Waals surface area (Å²) in [5.74, 6) is 0. The number of hydrogen-bond acceptors (Lipinski definition) is 3. The van der Waals surface area contributed by atoms with Gasteiger partial charge in [0.05, 0.1) is 13.2 Å². The maximum Gasteiger partial charge on any atom is 0.255 e. The zero-order chi connectivity index (χ0) is 7.98. The van der Waals surface area contributed by atoms with E-state index in [2.05, 4.69) is 0 Å². The number of quaternary nitrogens is 1. The van der Waals surface area contributed by atoms with Gasteiger partial charge in [0, 0.05) is 7.11 Å². The van der Waals surface area contributed by atoms with Crippen LogP contribution in [0, 0.1) is 0 Å². The molecule has 0 fully saturated rings. The van der Waals surface area contributed by atoms with Gasteiger partial charge in [0.15, 0.2) is 0 Å². The van der Waals surface area contributed by atoms with E-state index in [1.165, 1.54) is 0 Å². The quantitative estimate of drug-likeness (QED) is 0.473. The average Bonchev–Trinajstić information content (AvgIpc) is 1.89. The molecule has 0 heterocycles. The molecule has 0 saturated heterocycles. The highest BCUT2D eigenvalue weighted by Gasteiger charge is 2.05. The third-order valence-corrected chi connectivity index (χ3v) is 1.32. The summed E-state index contributed by atoms with van der Waals surface area (Å²) in [6.07, 6.45) is -1.06. The van der Waals surface area contributed by atoms with Gasteiger partial charge in [-0.1, -0.05) is 0 Å². The van der Waals surface area contributed by atoms with Crippen molar-refractivity contribution in [1.29, 1.82) is 0 Å². The van der Waals surface area contributed by atoms with E-state index in [0.717, 1.165) is 0 Å². The molecule has 0 aliphatic heterocycles. The number of halogens is 1. The lowest BCUT2D eigenvalue weighted by Gasteiger charge is -2.15. The molecular formula is C6H13ClNO3-. The highest BCUT2D eigenvalue weighted by Crippen LogP contribution is 1.58. The molecule has 5 heteroatoms. The Kier molecular flexibility index (Phi) is 9.40. The normalized spacial score (nSPS) is 11.8. The second-order valence-electron chi connectivity index (χ2n) is 1.99. The number of nitrogens with one attached hydrogen (secondary N) is 1. The molecule has 0 aliphatic carbocycles. The van der Waals surface area contributed by atoms with Crippen LogP contribution in [0.15, 0.2) is 0 Å². The lowest BCUT2D eigenvalue weighted by atomic mass is 10.5. The van der Waals surface area contributed by atoms with E-state index in [9.17, 15) is 9.90 Å². The summed E-state index contributed by atoms with van der Waals surface area (Å²) in [4.78, 5) is 10.7. The number of methoxy groups -OCH3 is 1. The van der Waals surface area contributed by atoms with E-state index in [1.807, 2.05) is 0 Å². The van der Waals surface area contributed by atoms with E-state index in [4.69, 9.17) is 4.74 Å². The fourth-order valence-corrected chi connectivity index (χ4v) is 0.648. The van der Waals surface area contributed by atoms with E-state index < -0.39 is 6.09 Å². The van der Waals surface area contributed by atoms with Gasteiger partial charge in [0.25, 0.3) is 6.09 Å². The van der Waals surface area contributed by atoms with Crippen molar-refractivity contribution in [2.75, 3.05) is 26.8 Å². The van der Waals surface area contributed by atoms with Gasteiger partial charge in [-0.15, -0.1) is 0 Å². The Morgan fingerprint density at radius 2 is 2.18 bits per heavy atom. The molecule has 0 bridgehead atoms. The number of carboxylic acid groups (broad SMARTS) is 1. The number of hydrogen-bond donors (Lipinski definition) is 1. The number of carbonyl (C=O) groups is 1. The van der Waals surface area contributed by atoms with Crippen molar-refractivity contribution in [3.63, 3.8) is 0 Å². The predicted molar refractivity (Wildman–Crippen MR) is 33.6 cm³/mol.